The van der Waals surface area contributed by atoms with Crippen molar-refractivity contribution in [2.75, 3.05) is 7.11 Å². The number of carbonyl (C=O) groups is 1. The van der Waals surface area contributed by atoms with Crippen LogP contribution in [0.5, 0.6) is 5.75 Å². The zero-order valence-electron chi connectivity index (χ0n) is 12.7. The van der Waals surface area contributed by atoms with Crippen molar-refractivity contribution in [1.82, 2.24) is 0 Å². The minimum Gasteiger partial charge on any atom is -0.493 e. The van der Waals surface area contributed by atoms with E-state index in [9.17, 15) is 14.0 Å². The molecular weight excluding hydrogens is 315 g/mol. The zero-order valence-corrected chi connectivity index (χ0v) is 12.7. The minimum absolute atomic E-state index is 0.220. The molecule has 0 fully saturated rings. The summed E-state index contributed by atoms with van der Waals surface area (Å²) in [5.41, 5.74) is -0.633. The number of rotatable bonds is 4. The predicted octanol–water partition coefficient (Wildman–Crippen LogP) is 3.30. The first-order valence-electron chi connectivity index (χ1n) is 7.11. The summed E-state index contributed by atoms with van der Waals surface area (Å²) in [4.78, 5) is 24.1. The number of benzene rings is 2. The highest BCUT2D eigenvalue weighted by atomic mass is 19.1. The Morgan fingerprint density at radius 2 is 1.96 bits per heavy atom. The van der Waals surface area contributed by atoms with E-state index in [1.54, 1.807) is 24.3 Å². The van der Waals surface area contributed by atoms with Crippen LogP contribution >= 0.6 is 0 Å². The summed E-state index contributed by atoms with van der Waals surface area (Å²) in [6.45, 7) is -0.277. The molecule has 1 heterocycles. The lowest BCUT2D eigenvalue weighted by Crippen LogP contribution is -2.16. The summed E-state index contributed by atoms with van der Waals surface area (Å²) >= 11 is 0. The third-order valence-electron chi connectivity index (χ3n) is 3.48. The lowest BCUT2D eigenvalue weighted by molar-refractivity contribution is 0.0464. The van der Waals surface area contributed by atoms with E-state index in [0.29, 0.717) is 11.1 Å². The molecule has 1 aromatic heterocycles. The van der Waals surface area contributed by atoms with E-state index in [-0.39, 0.29) is 23.3 Å². The summed E-state index contributed by atoms with van der Waals surface area (Å²) < 4.78 is 28.8. The average Bonchev–Trinajstić information content (AvgIpc) is 2.59. The van der Waals surface area contributed by atoms with Gasteiger partial charge in [0.1, 0.15) is 18.0 Å². The van der Waals surface area contributed by atoms with Crippen LogP contribution in [0.15, 0.2) is 57.7 Å². The van der Waals surface area contributed by atoms with Crippen LogP contribution in [-0.4, -0.2) is 13.1 Å². The lowest BCUT2D eigenvalue weighted by atomic mass is 10.1. The normalized spacial score (nSPS) is 10.6. The van der Waals surface area contributed by atoms with E-state index < -0.39 is 17.4 Å². The van der Waals surface area contributed by atoms with Crippen LogP contribution < -0.4 is 10.4 Å². The van der Waals surface area contributed by atoms with Gasteiger partial charge in [-0.1, -0.05) is 30.3 Å². The summed E-state index contributed by atoms with van der Waals surface area (Å²) in [7, 11) is 1.45. The number of carbonyl (C=O) groups excluding carboxylic acids is 1. The van der Waals surface area contributed by atoms with E-state index in [1.807, 2.05) is 0 Å². The van der Waals surface area contributed by atoms with Crippen LogP contribution in [0.2, 0.25) is 0 Å². The van der Waals surface area contributed by atoms with Gasteiger partial charge in [0.25, 0.3) is 0 Å². The molecule has 3 aromatic rings. The Hall–Kier alpha value is -3.15. The molecule has 0 amide bonds. The molecule has 0 aliphatic carbocycles. The molecule has 0 unspecified atom stereocenters. The molecule has 2 aromatic carbocycles. The van der Waals surface area contributed by atoms with Gasteiger partial charge in [0.05, 0.1) is 7.11 Å². The molecule has 0 atom stereocenters. The highest BCUT2D eigenvalue weighted by Gasteiger charge is 2.17. The van der Waals surface area contributed by atoms with Crippen molar-refractivity contribution in [2.45, 2.75) is 6.61 Å². The molecule has 0 radical (unpaired) electrons. The Balaban J connectivity index is 1.89. The van der Waals surface area contributed by atoms with E-state index in [1.165, 1.54) is 31.4 Å². The fourth-order valence-electron chi connectivity index (χ4n) is 2.26. The van der Waals surface area contributed by atoms with Gasteiger partial charge < -0.3 is 13.9 Å². The van der Waals surface area contributed by atoms with Gasteiger partial charge in [0, 0.05) is 10.9 Å². The van der Waals surface area contributed by atoms with Crippen LogP contribution in [-0.2, 0) is 11.3 Å². The highest BCUT2D eigenvalue weighted by molar-refractivity contribution is 5.94. The van der Waals surface area contributed by atoms with Crippen molar-refractivity contribution in [3.8, 4) is 5.75 Å². The molecule has 0 N–H and O–H groups in total. The fraction of sp³-hybridized carbons (Fsp3) is 0.111. The topological polar surface area (TPSA) is 65.7 Å². The van der Waals surface area contributed by atoms with Crippen LogP contribution in [0.25, 0.3) is 11.0 Å². The van der Waals surface area contributed by atoms with Gasteiger partial charge in [-0.25, -0.2) is 14.0 Å². The second kappa shape index (κ2) is 6.54. The van der Waals surface area contributed by atoms with Crippen molar-refractivity contribution >= 4 is 16.9 Å². The number of methoxy groups -OCH3 is 1. The van der Waals surface area contributed by atoms with Crippen molar-refractivity contribution in [1.29, 1.82) is 0 Å². The van der Waals surface area contributed by atoms with E-state index in [2.05, 4.69) is 0 Å². The number of para-hydroxylation sites is 1. The number of esters is 1. The summed E-state index contributed by atoms with van der Waals surface area (Å²) in [5.74, 6) is -0.979. The smallest absolute Gasteiger partial charge is 0.351 e. The molecule has 5 nitrogen and oxygen atoms in total. The van der Waals surface area contributed by atoms with Crippen LogP contribution in [0, 0.1) is 5.82 Å². The number of hydrogen-bond acceptors (Lipinski definition) is 5. The zero-order chi connectivity index (χ0) is 17.1. The van der Waals surface area contributed by atoms with Gasteiger partial charge in [0.2, 0.25) is 0 Å². The van der Waals surface area contributed by atoms with E-state index in [0.717, 1.165) is 0 Å². The van der Waals surface area contributed by atoms with Crippen molar-refractivity contribution in [3.05, 3.63) is 75.9 Å². The Bertz CT molecular complexity index is 961. The van der Waals surface area contributed by atoms with Crippen molar-refractivity contribution in [3.63, 3.8) is 0 Å². The maximum atomic E-state index is 13.5. The number of ether oxygens (including phenoxy) is 2. The largest absolute Gasteiger partial charge is 0.493 e. The van der Waals surface area contributed by atoms with E-state index in [4.69, 9.17) is 13.9 Å². The maximum Gasteiger partial charge on any atom is 0.351 e. The molecule has 6 heteroatoms. The maximum absolute atomic E-state index is 13.5. The van der Waals surface area contributed by atoms with Crippen LogP contribution in [0.1, 0.15) is 15.9 Å². The van der Waals surface area contributed by atoms with Gasteiger partial charge in [-0.05, 0) is 18.2 Å². The number of halogens is 1. The van der Waals surface area contributed by atoms with Crippen LogP contribution in [0.4, 0.5) is 4.39 Å². The Labute approximate surface area is 136 Å². The Kier molecular flexibility index (Phi) is 4.29. The molecule has 0 bridgehead atoms. The Morgan fingerprint density at radius 1 is 1.17 bits per heavy atom. The third kappa shape index (κ3) is 2.99. The summed E-state index contributed by atoms with van der Waals surface area (Å²) in [6.07, 6.45) is 0. The molecule has 122 valence electrons. The second-order valence-corrected chi connectivity index (χ2v) is 4.99. The first-order chi connectivity index (χ1) is 11.6. The van der Waals surface area contributed by atoms with Crippen molar-refractivity contribution in [2.24, 2.45) is 0 Å². The molecule has 0 aliphatic rings. The van der Waals surface area contributed by atoms with Crippen molar-refractivity contribution < 1.29 is 23.1 Å². The molecule has 0 spiro atoms. The summed E-state index contributed by atoms with van der Waals surface area (Å²) in [6, 6.07) is 12.3. The minimum atomic E-state index is -0.878. The first-order valence-corrected chi connectivity index (χ1v) is 7.11. The highest BCUT2D eigenvalue weighted by Crippen LogP contribution is 2.24. The molecule has 0 aliphatic heterocycles. The monoisotopic (exact) mass is 328 g/mol. The quantitative estimate of drug-likeness (QED) is 0.543. The van der Waals surface area contributed by atoms with Crippen LogP contribution in [0.3, 0.4) is 0 Å². The summed E-state index contributed by atoms with van der Waals surface area (Å²) in [5, 5.41) is 0.520. The number of fused-ring (bicyclic) bond motifs is 1. The van der Waals surface area contributed by atoms with E-state index >= 15 is 0 Å². The molecule has 24 heavy (non-hydrogen) atoms. The third-order valence-corrected chi connectivity index (χ3v) is 3.48. The first kappa shape index (κ1) is 15.7. The number of hydrogen-bond donors (Lipinski definition) is 0. The molecular formula is C18H13FO5. The van der Waals surface area contributed by atoms with Gasteiger partial charge in [-0.2, -0.15) is 0 Å². The van der Waals surface area contributed by atoms with Gasteiger partial charge in [-0.15, -0.1) is 0 Å². The fourth-order valence-corrected chi connectivity index (χ4v) is 2.26. The Morgan fingerprint density at radius 3 is 2.71 bits per heavy atom. The van der Waals surface area contributed by atoms with Gasteiger partial charge in [0.15, 0.2) is 11.3 Å². The average molecular weight is 328 g/mol. The second-order valence-electron chi connectivity index (χ2n) is 4.99. The molecule has 0 saturated heterocycles. The SMILES string of the molecule is COc1cccc2cc(C(=O)OCc3ccccc3F)c(=O)oc12. The lowest BCUT2D eigenvalue weighted by Gasteiger charge is -2.07. The van der Waals surface area contributed by atoms with Gasteiger partial charge in [-0.3, -0.25) is 0 Å². The molecule has 3 rings (SSSR count). The molecule has 0 saturated carbocycles. The standard InChI is InChI=1S/C18H13FO5/c1-22-15-8-4-6-11-9-13(18(21)24-16(11)15)17(20)23-10-12-5-2-3-7-14(12)19/h2-9H,10H2,1H3. The van der Waals surface area contributed by atoms with Gasteiger partial charge >= 0.3 is 11.6 Å². The predicted molar refractivity (Wildman–Crippen MR) is 84.6 cm³/mol.